The Kier molecular flexibility index (Phi) is 4.54. The van der Waals surface area contributed by atoms with Crippen molar-refractivity contribution < 1.29 is 9.18 Å². The van der Waals surface area contributed by atoms with Crippen LogP contribution in [0.15, 0.2) is 12.3 Å². The summed E-state index contributed by atoms with van der Waals surface area (Å²) in [7, 11) is 0. The van der Waals surface area contributed by atoms with Gasteiger partial charge in [0.05, 0.1) is 11.8 Å². The monoisotopic (exact) mass is 243 g/mol. The van der Waals surface area contributed by atoms with Gasteiger partial charge in [0, 0.05) is 11.8 Å². The smallest absolute Gasteiger partial charge is 0.255 e. The fourth-order valence-electron chi connectivity index (χ4n) is 1.05. The number of amides is 1. The van der Waals surface area contributed by atoms with Crippen molar-refractivity contribution in [3.63, 3.8) is 0 Å². The Morgan fingerprint density at radius 3 is 3.06 bits per heavy atom. The lowest BCUT2D eigenvalue weighted by Crippen LogP contribution is -2.30. The molecule has 0 saturated carbocycles. The fraction of sp³-hybridized carbons (Fsp3) is 0.400. The van der Waals surface area contributed by atoms with E-state index in [1.54, 1.807) is 11.8 Å². The number of anilines is 1. The lowest BCUT2D eigenvalue weighted by atomic mass is 10.2. The molecule has 0 saturated heterocycles. The number of hydrogen-bond acceptors (Lipinski definition) is 4. The number of carbonyl (C=O) groups excluding carboxylic acids is 1. The van der Waals surface area contributed by atoms with Crippen molar-refractivity contribution in [2.45, 2.75) is 12.2 Å². The summed E-state index contributed by atoms with van der Waals surface area (Å²) in [5.41, 5.74) is 5.56. The van der Waals surface area contributed by atoms with Crippen LogP contribution >= 0.6 is 11.8 Å². The van der Waals surface area contributed by atoms with Crippen molar-refractivity contribution >= 4 is 23.5 Å². The van der Waals surface area contributed by atoms with Crippen molar-refractivity contribution in [3.05, 3.63) is 23.6 Å². The second kappa shape index (κ2) is 5.69. The van der Waals surface area contributed by atoms with E-state index in [4.69, 9.17) is 5.73 Å². The summed E-state index contributed by atoms with van der Waals surface area (Å²) >= 11 is 1.63. The summed E-state index contributed by atoms with van der Waals surface area (Å²) < 4.78 is 12.9. The predicted molar refractivity (Wildman–Crippen MR) is 63.9 cm³/mol. The number of nitrogens with two attached hydrogens (primary N) is 1. The minimum atomic E-state index is -0.572. The van der Waals surface area contributed by atoms with Crippen LogP contribution in [0.3, 0.4) is 0 Å². The first-order chi connectivity index (χ1) is 7.54. The van der Waals surface area contributed by atoms with E-state index in [0.29, 0.717) is 11.8 Å². The van der Waals surface area contributed by atoms with E-state index in [1.807, 2.05) is 13.2 Å². The zero-order valence-corrected chi connectivity index (χ0v) is 9.97. The van der Waals surface area contributed by atoms with Gasteiger partial charge in [0.25, 0.3) is 5.91 Å². The summed E-state index contributed by atoms with van der Waals surface area (Å²) in [6.45, 7) is 2.49. The van der Waals surface area contributed by atoms with E-state index >= 15 is 0 Å². The highest BCUT2D eigenvalue weighted by atomic mass is 32.2. The molecule has 1 heterocycles. The number of nitrogens with zero attached hydrogens (tertiary/aromatic N) is 1. The molecule has 1 aromatic heterocycles. The molecule has 6 heteroatoms. The molecule has 1 unspecified atom stereocenters. The van der Waals surface area contributed by atoms with Gasteiger partial charge in [-0.15, -0.1) is 0 Å². The molecule has 16 heavy (non-hydrogen) atoms. The summed E-state index contributed by atoms with van der Waals surface area (Å²) in [5.74, 6) is -0.932. The largest absolute Gasteiger partial charge is 0.383 e. The van der Waals surface area contributed by atoms with Gasteiger partial charge in [0.2, 0.25) is 0 Å². The molecule has 1 rings (SSSR count). The second-order valence-electron chi connectivity index (χ2n) is 3.34. The van der Waals surface area contributed by atoms with Crippen LogP contribution in [0.4, 0.5) is 10.2 Å². The summed E-state index contributed by atoms with van der Waals surface area (Å²) in [6.07, 6.45) is 2.94. The Labute approximate surface area is 97.8 Å². The maximum Gasteiger partial charge on any atom is 0.255 e. The molecule has 1 amide bonds. The maximum atomic E-state index is 12.9. The highest BCUT2D eigenvalue weighted by molar-refractivity contribution is 7.99. The number of rotatable bonds is 4. The van der Waals surface area contributed by atoms with Crippen LogP contribution in [-0.2, 0) is 0 Å². The van der Waals surface area contributed by atoms with Crippen molar-refractivity contribution in [1.29, 1.82) is 0 Å². The molecule has 0 fully saturated rings. The highest BCUT2D eigenvalue weighted by Gasteiger charge is 2.12. The number of pyridine rings is 1. The van der Waals surface area contributed by atoms with Gasteiger partial charge in [0.15, 0.2) is 0 Å². The summed E-state index contributed by atoms with van der Waals surface area (Å²) in [4.78, 5) is 15.2. The van der Waals surface area contributed by atoms with Crippen LogP contribution in [0.25, 0.3) is 0 Å². The lowest BCUT2D eigenvalue weighted by molar-refractivity contribution is 0.0954. The van der Waals surface area contributed by atoms with Gasteiger partial charge in [0.1, 0.15) is 11.6 Å². The molecule has 4 nitrogen and oxygen atoms in total. The number of halogens is 1. The Morgan fingerprint density at radius 1 is 1.75 bits per heavy atom. The Balaban J connectivity index is 2.69. The quantitative estimate of drug-likeness (QED) is 0.836. The zero-order chi connectivity index (χ0) is 12.1. The third-order valence-corrected chi connectivity index (χ3v) is 3.05. The summed E-state index contributed by atoms with van der Waals surface area (Å²) in [6, 6.07) is 1.08. The van der Waals surface area contributed by atoms with E-state index in [0.717, 1.165) is 12.3 Å². The number of nitrogen functional groups attached to an aromatic ring is 1. The van der Waals surface area contributed by atoms with Crippen molar-refractivity contribution in [2.75, 3.05) is 18.5 Å². The third-order valence-electron chi connectivity index (χ3n) is 2.08. The molecule has 0 aliphatic rings. The molecule has 1 aromatic rings. The number of nitrogens with one attached hydrogen (secondary N) is 1. The van der Waals surface area contributed by atoms with E-state index in [-0.39, 0.29) is 11.4 Å². The Morgan fingerprint density at radius 2 is 2.44 bits per heavy atom. The molecule has 3 N–H and O–H groups in total. The third kappa shape index (κ3) is 3.37. The first-order valence-corrected chi connectivity index (χ1v) is 6.05. The van der Waals surface area contributed by atoms with Crippen LogP contribution in [0.2, 0.25) is 0 Å². The van der Waals surface area contributed by atoms with Gasteiger partial charge >= 0.3 is 0 Å². The number of hydrogen-bond donors (Lipinski definition) is 2. The minimum Gasteiger partial charge on any atom is -0.383 e. The molecule has 1 atom stereocenters. The van der Waals surface area contributed by atoms with Crippen LogP contribution in [0.5, 0.6) is 0 Å². The van der Waals surface area contributed by atoms with Crippen LogP contribution in [0.1, 0.15) is 17.3 Å². The SMILES string of the molecule is CSC(C)CNC(=O)c1cc(F)cnc1N. The lowest BCUT2D eigenvalue weighted by Gasteiger charge is -2.10. The van der Waals surface area contributed by atoms with Crippen LogP contribution in [-0.4, -0.2) is 28.9 Å². The van der Waals surface area contributed by atoms with E-state index < -0.39 is 11.7 Å². The van der Waals surface area contributed by atoms with E-state index in [1.165, 1.54) is 0 Å². The van der Waals surface area contributed by atoms with Crippen molar-refractivity contribution in [2.24, 2.45) is 0 Å². The molecule has 0 radical (unpaired) electrons. The van der Waals surface area contributed by atoms with Crippen molar-refractivity contribution in [1.82, 2.24) is 10.3 Å². The molecule has 0 aromatic carbocycles. The summed E-state index contributed by atoms with van der Waals surface area (Å²) in [5, 5.41) is 2.97. The van der Waals surface area contributed by atoms with Gasteiger partial charge in [-0.1, -0.05) is 6.92 Å². The molecule has 0 bridgehead atoms. The Hall–Kier alpha value is -1.30. The van der Waals surface area contributed by atoms with Gasteiger partial charge in [-0.2, -0.15) is 11.8 Å². The number of thioether (sulfide) groups is 1. The van der Waals surface area contributed by atoms with E-state index in [2.05, 4.69) is 10.3 Å². The average molecular weight is 243 g/mol. The molecule has 0 aliphatic heterocycles. The fourth-order valence-corrected chi connectivity index (χ4v) is 1.30. The predicted octanol–water partition coefficient (Wildman–Crippen LogP) is 1.28. The van der Waals surface area contributed by atoms with Crippen LogP contribution in [0, 0.1) is 5.82 Å². The maximum absolute atomic E-state index is 12.9. The molecule has 0 spiro atoms. The van der Waals surface area contributed by atoms with Gasteiger partial charge < -0.3 is 11.1 Å². The molecule has 0 aliphatic carbocycles. The average Bonchev–Trinajstić information content (AvgIpc) is 2.28. The zero-order valence-electron chi connectivity index (χ0n) is 9.16. The standard InChI is InChI=1S/C10H14FN3OS/c1-6(16-2)4-14-10(15)8-3-7(11)5-13-9(8)12/h3,5-6H,4H2,1-2H3,(H2,12,13)(H,14,15). The molecule has 88 valence electrons. The first kappa shape index (κ1) is 12.8. The van der Waals surface area contributed by atoms with Gasteiger partial charge in [-0.05, 0) is 12.3 Å². The second-order valence-corrected chi connectivity index (χ2v) is 4.62. The Bertz CT molecular complexity index is 386. The molecular weight excluding hydrogens is 229 g/mol. The minimum absolute atomic E-state index is 0.0377. The topological polar surface area (TPSA) is 68.0 Å². The first-order valence-electron chi connectivity index (χ1n) is 4.76. The van der Waals surface area contributed by atoms with Gasteiger partial charge in [-0.25, -0.2) is 9.37 Å². The van der Waals surface area contributed by atoms with Gasteiger partial charge in [-0.3, -0.25) is 4.79 Å². The number of aromatic nitrogens is 1. The van der Waals surface area contributed by atoms with E-state index in [9.17, 15) is 9.18 Å². The highest BCUT2D eigenvalue weighted by Crippen LogP contribution is 2.10. The molecular formula is C10H14FN3OS. The van der Waals surface area contributed by atoms with Crippen molar-refractivity contribution in [3.8, 4) is 0 Å². The van der Waals surface area contributed by atoms with Crippen LogP contribution < -0.4 is 11.1 Å². The normalized spacial score (nSPS) is 12.2. The number of carbonyl (C=O) groups is 1.